The van der Waals surface area contributed by atoms with E-state index in [4.69, 9.17) is 15.2 Å². The van der Waals surface area contributed by atoms with Crippen LogP contribution in [0.25, 0.3) is 0 Å². The van der Waals surface area contributed by atoms with Crippen LogP contribution in [0.15, 0.2) is 0 Å². The highest BCUT2D eigenvalue weighted by Crippen LogP contribution is 2.33. The van der Waals surface area contributed by atoms with Crippen molar-refractivity contribution in [3.8, 4) is 0 Å². The van der Waals surface area contributed by atoms with E-state index in [9.17, 15) is 4.79 Å². The van der Waals surface area contributed by atoms with Crippen molar-refractivity contribution in [3.05, 3.63) is 0 Å². The smallest absolute Gasteiger partial charge is 0.237 e. The predicted octanol–water partition coefficient (Wildman–Crippen LogP) is 1.20. The minimum absolute atomic E-state index is 0.0488. The van der Waals surface area contributed by atoms with Gasteiger partial charge in [0.2, 0.25) is 5.91 Å². The van der Waals surface area contributed by atoms with Crippen LogP contribution in [0.1, 0.15) is 47.0 Å². The average molecular weight is 272 g/mol. The first-order valence-corrected chi connectivity index (χ1v) is 7.20. The lowest BCUT2D eigenvalue weighted by molar-refractivity contribution is -0.125. The Kier molecular flexibility index (Phi) is 6.23. The third-order valence-electron chi connectivity index (χ3n) is 3.49. The zero-order valence-electron chi connectivity index (χ0n) is 12.6. The van der Waals surface area contributed by atoms with Gasteiger partial charge in [0.25, 0.3) is 0 Å². The molecule has 0 radical (unpaired) electrons. The van der Waals surface area contributed by atoms with E-state index in [0.717, 1.165) is 12.8 Å². The first-order valence-electron chi connectivity index (χ1n) is 7.20. The topological polar surface area (TPSA) is 73.6 Å². The molecule has 0 aromatic rings. The van der Waals surface area contributed by atoms with E-state index >= 15 is 0 Å². The molecule has 3 N–H and O–H groups in total. The number of hydrogen-bond donors (Lipinski definition) is 2. The number of primary amides is 1. The first kappa shape index (κ1) is 16.4. The van der Waals surface area contributed by atoms with E-state index in [1.54, 1.807) is 0 Å². The number of hydrogen-bond acceptors (Lipinski definition) is 4. The Labute approximate surface area is 116 Å². The van der Waals surface area contributed by atoms with Gasteiger partial charge in [-0.1, -0.05) is 0 Å². The molecule has 1 amide bonds. The highest BCUT2D eigenvalue weighted by Gasteiger charge is 2.45. The predicted molar refractivity (Wildman–Crippen MR) is 74.9 cm³/mol. The van der Waals surface area contributed by atoms with Gasteiger partial charge >= 0.3 is 0 Å². The summed E-state index contributed by atoms with van der Waals surface area (Å²) in [5.74, 6) is -0.273. The summed E-state index contributed by atoms with van der Waals surface area (Å²) in [6, 6.07) is 0.229. The zero-order chi connectivity index (χ0) is 14.5. The third kappa shape index (κ3) is 4.75. The molecule has 0 bridgehead atoms. The van der Waals surface area contributed by atoms with Crippen molar-refractivity contribution in [1.82, 2.24) is 5.32 Å². The lowest BCUT2D eigenvalue weighted by Crippen LogP contribution is -2.56. The lowest BCUT2D eigenvalue weighted by atomic mass is 9.95. The molecule has 19 heavy (non-hydrogen) atoms. The fourth-order valence-corrected chi connectivity index (χ4v) is 2.75. The number of ether oxygens (including phenoxy) is 2. The van der Waals surface area contributed by atoms with Gasteiger partial charge in [-0.3, -0.25) is 4.79 Å². The summed E-state index contributed by atoms with van der Waals surface area (Å²) < 4.78 is 11.3. The van der Waals surface area contributed by atoms with Crippen LogP contribution < -0.4 is 11.1 Å². The maximum Gasteiger partial charge on any atom is 0.237 e. The molecule has 3 unspecified atom stereocenters. The highest BCUT2D eigenvalue weighted by molar-refractivity contribution is 5.85. The average Bonchev–Trinajstić information content (AvgIpc) is 2.70. The fraction of sp³-hybridized carbons (Fsp3) is 0.929. The molecule has 0 aliphatic heterocycles. The molecule has 0 aromatic carbocycles. The monoisotopic (exact) mass is 272 g/mol. The van der Waals surface area contributed by atoms with Crippen molar-refractivity contribution < 1.29 is 14.3 Å². The summed E-state index contributed by atoms with van der Waals surface area (Å²) in [5.41, 5.74) is 4.97. The van der Waals surface area contributed by atoms with Crippen LogP contribution in [-0.4, -0.2) is 42.9 Å². The van der Waals surface area contributed by atoms with Gasteiger partial charge in [-0.25, -0.2) is 0 Å². The van der Waals surface area contributed by atoms with Crippen molar-refractivity contribution in [2.24, 2.45) is 5.73 Å². The van der Waals surface area contributed by atoms with Crippen LogP contribution in [0, 0.1) is 0 Å². The number of amides is 1. The first-order chi connectivity index (χ1) is 8.89. The van der Waals surface area contributed by atoms with Gasteiger partial charge in [-0.05, 0) is 40.5 Å². The maximum absolute atomic E-state index is 11.7. The van der Waals surface area contributed by atoms with E-state index in [0.29, 0.717) is 19.6 Å². The Morgan fingerprint density at radius 3 is 2.68 bits per heavy atom. The van der Waals surface area contributed by atoms with Crippen molar-refractivity contribution in [2.75, 3.05) is 13.2 Å². The Balaban J connectivity index is 2.52. The Bertz CT molecular complexity index is 296. The third-order valence-corrected chi connectivity index (χ3v) is 3.49. The molecule has 112 valence electrons. The number of carbonyl (C=O) groups is 1. The molecule has 0 aromatic heterocycles. The molecule has 1 aliphatic carbocycles. The highest BCUT2D eigenvalue weighted by atomic mass is 16.5. The van der Waals surface area contributed by atoms with Crippen LogP contribution in [0.3, 0.4) is 0 Å². The van der Waals surface area contributed by atoms with Gasteiger partial charge in [-0.15, -0.1) is 0 Å². The van der Waals surface area contributed by atoms with Crippen molar-refractivity contribution in [2.45, 2.75) is 70.7 Å². The normalized spacial score (nSPS) is 28.8. The zero-order valence-corrected chi connectivity index (χ0v) is 12.6. The molecule has 1 aliphatic rings. The molecule has 1 rings (SSSR count). The SMILES string of the molecule is CCOCC(C)OC1CCC(NC(C)C)(C(N)=O)C1. The van der Waals surface area contributed by atoms with E-state index in [2.05, 4.69) is 5.32 Å². The summed E-state index contributed by atoms with van der Waals surface area (Å²) >= 11 is 0. The van der Waals surface area contributed by atoms with Gasteiger partial charge in [0.15, 0.2) is 0 Å². The molecule has 0 saturated heterocycles. The number of nitrogens with two attached hydrogens (primary N) is 1. The van der Waals surface area contributed by atoms with Crippen LogP contribution in [0.2, 0.25) is 0 Å². The van der Waals surface area contributed by atoms with E-state index in [1.165, 1.54) is 0 Å². The van der Waals surface area contributed by atoms with Gasteiger partial charge in [0.05, 0.1) is 18.8 Å². The van der Waals surface area contributed by atoms with Gasteiger partial charge in [0, 0.05) is 19.1 Å². The van der Waals surface area contributed by atoms with Crippen molar-refractivity contribution in [1.29, 1.82) is 0 Å². The molecular formula is C14H28N2O3. The molecule has 3 atom stereocenters. The minimum Gasteiger partial charge on any atom is -0.379 e. The molecule has 5 heteroatoms. The summed E-state index contributed by atoms with van der Waals surface area (Å²) in [6.07, 6.45) is 2.38. The standard InChI is InChI=1S/C14H28N2O3/c1-5-18-9-11(4)19-12-6-7-14(8-12,13(15)17)16-10(2)3/h10-12,16H,5-9H2,1-4H3,(H2,15,17). The Morgan fingerprint density at radius 1 is 1.47 bits per heavy atom. The molecule has 1 saturated carbocycles. The van der Waals surface area contributed by atoms with Crippen molar-refractivity contribution in [3.63, 3.8) is 0 Å². The molecule has 1 fully saturated rings. The lowest BCUT2D eigenvalue weighted by Gasteiger charge is -2.30. The van der Waals surface area contributed by atoms with E-state index in [-0.39, 0.29) is 24.2 Å². The van der Waals surface area contributed by atoms with Gasteiger partial charge < -0.3 is 20.5 Å². The second-order valence-electron chi connectivity index (χ2n) is 5.72. The summed E-state index contributed by atoms with van der Waals surface area (Å²) in [7, 11) is 0. The molecular weight excluding hydrogens is 244 g/mol. The largest absolute Gasteiger partial charge is 0.379 e. The Morgan fingerprint density at radius 2 is 2.16 bits per heavy atom. The second-order valence-corrected chi connectivity index (χ2v) is 5.72. The van der Waals surface area contributed by atoms with Crippen LogP contribution in [0.5, 0.6) is 0 Å². The van der Waals surface area contributed by atoms with Crippen molar-refractivity contribution >= 4 is 5.91 Å². The van der Waals surface area contributed by atoms with Crippen LogP contribution in [-0.2, 0) is 14.3 Å². The summed E-state index contributed by atoms with van der Waals surface area (Å²) in [4.78, 5) is 11.7. The maximum atomic E-state index is 11.7. The van der Waals surface area contributed by atoms with E-state index in [1.807, 2.05) is 27.7 Å². The van der Waals surface area contributed by atoms with Crippen LogP contribution in [0.4, 0.5) is 0 Å². The minimum atomic E-state index is -0.607. The summed E-state index contributed by atoms with van der Waals surface area (Å²) in [5, 5.41) is 3.32. The van der Waals surface area contributed by atoms with E-state index < -0.39 is 5.54 Å². The molecule has 0 spiro atoms. The number of nitrogens with one attached hydrogen (secondary N) is 1. The Hall–Kier alpha value is -0.650. The van der Waals surface area contributed by atoms with Gasteiger partial charge in [0.1, 0.15) is 5.54 Å². The number of carbonyl (C=O) groups excluding carboxylic acids is 1. The number of rotatable bonds is 8. The van der Waals surface area contributed by atoms with Crippen LogP contribution >= 0.6 is 0 Å². The second kappa shape index (κ2) is 7.22. The van der Waals surface area contributed by atoms with Gasteiger partial charge in [-0.2, -0.15) is 0 Å². The molecule has 0 heterocycles. The molecule has 5 nitrogen and oxygen atoms in total. The fourth-order valence-electron chi connectivity index (χ4n) is 2.75. The quantitative estimate of drug-likeness (QED) is 0.696. The summed E-state index contributed by atoms with van der Waals surface area (Å²) in [6.45, 7) is 9.29.